The van der Waals surface area contributed by atoms with Gasteiger partial charge < -0.3 is 14.8 Å². The molecule has 0 fully saturated rings. The van der Waals surface area contributed by atoms with Crippen LogP contribution in [-0.4, -0.2) is 35.0 Å². The standard InChI is InChI=1S/C11H19N3O3/c1-11(2,3)17-10(15)12-6-4-8-16-9-5-7-13-14-9/h5,7H,4,6,8H2,1-3H3,(H,12,15)(H,13,14). The molecule has 96 valence electrons. The quantitative estimate of drug-likeness (QED) is 0.769. The molecule has 1 aromatic heterocycles. The summed E-state index contributed by atoms with van der Waals surface area (Å²) in [5.41, 5.74) is -0.462. The molecule has 6 nitrogen and oxygen atoms in total. The minimum Gasteiger partial charge on any atom is -0.478 e. The first-order valence-electron chi connectivity index (χ1n) is 5.56. The molecule has 1 rings (SSSR count). The lowest BCUT2D eigenvalue weighted by Crippen LogP contribution is -2.33. The maximum Gasteiger partial charge on any atom is 0.407 e. The molecular formula is C11H19N3O3. The van der Waals surface area contributed by atoms with E-state index in [1.165, 1.54) is 0 Å². The summed E-state index contributed by atoms with van der Waals surface area (Å²) in [4.78, 5) is 11.3. The number of alkyl carbamates (subject to hydrolysis) is 1. The van der Waals surface area contributed by atoms with Crippen molar-refractivity contribution in [3.05, 3.63) is 12.3 Å². The Morgan fingerprint density at radius 2 is 2.29 bits per heavy atom. The fourth-order valence-electron chi connectivity index (χ4n) is 1.08. The average molecular weight is 241 g/mol. The highest BCUT2D eigenvalue weighted by atomic mass is 16.6. The zero-order valence-corrected chi connectivity index (χ0v) is 10.4. The number of carbonyl (C=O) groups excluding carboxylic acids is 1. The zero-order valence-electron chi connectivity index (χ0n) is 10.4. The largest absolute Gasteiger partial charge is 0.478 e. The van der Waals surface area contributed by atoms with Gasteiger partial charge in [0.15, 0.2) is 0 Å². The van der Waals surface area contributed by atoms with Crippen molar-refractivity contribution in [1.82, 2.24) is 15.5 Å². The number of nitrogens with one attached hydrogen (secondary N) is 2. The van der Waals surface area contributed by atoms with Gasteiger partial charge in [-0.05, 0) is 27.2 Å². The number of ether oxygens (including phenoxy) is 2. The van der Waals surface area contributed by atoms with Gasteiger partial charge in [0, 0.05) is 12.6 Å². The number of nitrogens with zero attached hydrogens (tertiary/aromatic N) is 1. The maximum atomic E-state index is 11.3. The highest BCUT2D eigenvalue weighted by Crippen LogP contribution is 2.06. The van der Waals surface area contributed by atoms with E-state index in [-0.39, 0.29) is 0 Å². The van der Waals surface area contributed by atoms with Crippen molar-refractivity contribution in [1.29, 1.82) is 0 Å². The SMILES string of the molecule is CC(C)(C)OC(=O)NCCCOc1ccn[nH]1. The number of aromatic nitrogens is 2. The van der Waals surface area contributed by atoms with Crippen LogP contribution in [0.1, 0.15) is 27.2 Å². The van der Waals surface area contributed by atoms with E-state index in [9.17, 15) is 4.79 Å². The fourth-order valence-corrected chi connectivity index (χ4v) is 1.08. The van der Waals surface area contributed by atoms with Crippen molar-refractivity contribution < 1.29 is 14.3 Å². The minimum absolute atomic E-state index is 0.404. The van der Waals surface area contributed by atoms with Crippen LogP contribution in [0.25, 0.3) is 0 Å². The molecule has 1 amide bonds. The van der Waals surface area contributed by atoms with E-state index in [0.717, 1.165) is 0 Å². The molecule has 0 saturated carbocycles. The summed E-state index contributed by atoms with van der Waals surface area (Å²) in [7, 11) is 0. The predicted octanol–water partition coefficient (Wildman–Crippen LogP) is 1.70. The average Bonchev–Trinajstić information content (AvgIpc) is 2.67. The Morgan fingerprint density at radius 1 is 1.53 bits per heavy atom. The van der Waals surface area contributed by atoms with Crippen molar-refractivity contribution in [2.45, 2.75) is 32.8 Å². The molecule has 0 unspecified atom stereocenters. The van der Waals surface area contributed by atoms with E-state index < -0.39 is 11.7 Å². The highest BCUT2D eigenvalue weighted by Gasteiger charge is 2.15. The molecule has 0 aromatic carbocycles. The molecule has 17 heavy (non-hydrogen) atoms. The molecular weight excluding hydrogens is 222 g/mol. The van der Waals surface area contributed by atoms with Gasteiger partial charge in [-0.2, -0.15) is 5.10 Å². The minimum atomic E-state index is -0.462. The smallest absolute Gasteiger partial charge is 0.407 e. The van der Waals surface area contributed by atoms with Crippen LogP contribution in [-0.2, 0) is 4.74 Å². The second-order valence-electron chi connectivity index (χ2n) is 4.55. The number of H-pyrrole nitrogens is 1. The number of rotatable bonds is 5. The van der Waals surface area contributed by atoms with E-state index in [2.05, 4.69) is 15.5 Å². The van der Waals surface area contributed by atoms with Gasteiger partial charge >= 0.3 is 6.09 Å². The number of hydrogen-bond acceptors (Lipinski definition) is 4. The Hall–Kier alpha value is -1.72. The molecule has 0 spiro atoms. The third-order valence-corrected chi connectivity index (χ3v) is 1.72. The molecule has 0 aliphatic rings. The predicted molar refractivity (Wildman–Crippen MR) is 62.9 cm³/mol. The van der Waals surface area contributed by atoms with Crippen molar-refractivity contribution in [2.75, 3.05) is 13.2 Å². The van der Waals surface area contributed by atoms with Crippen molar-refractivity contribution >= 4 is 6.09 Å². The van der Waals surface area contributed by atoms with Crippen LogP contribution in [0.4, 0.5) is 4.79 Å². The van der Waals surface area contributed by atoms with Crippen LogP contribution >= 0.6 is 0 Å². The first kappa shape index (κ1) is 13.3. The van der Waals surface area contributed by atoms with E-state index in [4.69, 9.17) is 9.47 Å². The van der Waals surface area contributed by atoms with Crippen molar-refractivity contribution in [3.63, 3.8) is 0 Å². The van der Waals surface area contributed by atoms with Gasteiger partial charge in [-0.3, -0.25) is 0 Å². The summed E-state index contributed by atoms with van der Waals surface area (Å²) >= 11 is 0. The van der Waals surface area contributed by atoms with E-state index in [1.54, 1.807) is 12.3 Å². The molecule has 0 radical (unpaired) electrons. The van der Waals surface area contributed by atoms with Crippen molar-refractivity contribution in [2.24, 2.45) is 0 Å². The lowest BCUT2D eigenvalue weighted by atomic mass is 10.2. The van der Waals surface area contributed by atoms with E-state index in [0.29, 0.717) is 25.5 Å². The topological polar surface area (TPSA) is 76.2 Å². The lowest BCUT2D eigenvalue weighted by molar-refractivity contribution is 0.0525. The fraction of sp³-hybridized carbons (Fsp3) is 0.636. The Morgan fingerprint density at radius 3 is 2.88 bits per heavy atom. The summed E-state index contributed by atoms with van der Waals surface area (Å²) < 4.78 is 10.4. The zero-order chi connectivity index (χ0) is 12.7. The molecule has 0 bridgehead atoms. The lowest BCUT2D eigenvalue weighted by Gasteiger charge is -2.19. The third kappa shape index (κ3) is 6.44. The van der Waals surface area contributed by atoms with Crippen molar-refractivity contribution in [3.8, 4) is 5.88 Å². The number of aromatic amines is 1. The molecule has 1 heterocycles. The van der Waals surface area contributed by atoms with Gasteiger partial charge in [0.25, 0.3) is 0 Å². The van der Waals surface area contributed by atoms with Gasteiger partial charge in [0.1, 0.15) is 5.60 Å². The summed E-state index contributed by atoms with van der Waals surface area (Å²) in [6.45, 7) is 6.51. The number of hydrogen-bond donors (Lipinski definition) is 2. The van der Waals surface area contributed by atoms with Gasteiger partial charge in [-0.25, -0.2) is 9.89 Å². The summed E-state index contributed by atoms with van der Waals surface area (Å²) in [6.07, 6.45) is 1.92. The molecule has 0 aliphatic carbocycles. The second-order valence-corrected chi connectivity index (χ2v) is 4.55. The maximum absolute atomic E-state index is 11.3. The molecule has 6 heteroatoms. The highest BCUT2D eigenvalue weighted by molar-refractivity contribution is 5.67. The van der Waals surface area contributed by atoms with Gasteiger partial charge in [0.2, 0.25) is 5.88 Å². The van der Waals surface area contributed by atoms with E-state index in [1.807, 2.05) is 20.8 Å². The van der Waals surface area contributed by atoms with Crippen LogP contribution in [0, 0.1) is 0 Å². The van der Waals surface area contributed by atoms with Crippen LogP contribution in [0.15, 0.2) is 12.3 Å². The Labute approximate surface area is 101 Å². The summed E-state index contributed by atoms with van der Waals surface area (Å²) in [5.74, 6) is 0.627. The normalized spacial score (nSPS) is 11.0. The number of amides is 1. The second kappa shape index (κ2) is 6.12. The Bertz CT molecular complexity index is 330. The van der Waals surface area contributed by atoms with Crippen LogP contribution in [0.3, 0.4) is 0 Å². The Kier molecular flexibility index (Phi) is 4.81. The van der Waals surface area contributed by atoms with Crippen LogP contribution < -0.4 is 10.1 Å². The Balaban J connectivity index is 2.02. The third-order valence-electron chi connectivity index (χ3n) is 1.72. The summed E-state index contributed by atoms with van der Waals surface area (Å²) in [5, 5.41) is 9.09. The van der Waals surface area contributed by atoms with Crippen LogP contribution in [0.2, 0.25) is 0 Å². The van der Waals surface area contributed by atoms with Gasteiger partial charge in [-0.1, -0.05) is 0 Å². The van der Waals surface area contributed by atoms with Gasteiger partial charge in [-0.15, -0.1) is 0 Å². The molecule has 1 aromatic rings. The molecule has 2 N–H and O–H groups in total. The van der Waals surface area contributed by atoms with Crippen LogP contribution in [0.5, 0.6) is 5.88 Å². The van der Waals surface area contributed by atoms with E-state index >= 15 is 0 Å². The first-order chi connectivity index (χ1) is 7.97. The molecule has 0 aliphatic heterocycles. The molecule has 0 atom stereocenters. The monoisotopic (exact) mass is 241 g/mol. The first-order valence-corrected chi connectivity index (χ1v) is 5.56. The van der Waals surface area contributed by atoms with Gasteiger partial charge in [0.05, 0.1) is 12.8 Å². The number of carbonyl (C=O) groups is 1. The summed E-state index contributed by atoms with van der Waals surface area (Å²) in [6, 6.07) is 1.74. The molecule has 0 saturated heterocycles.